The number of hydrogen-bond acceptors (Lipinski definition) is 1. The minimum Gasteiger partial charge on any atom is -0.325 e. The predicted octanol–water partition coefficient (Wildman–Crippen LogP) is 3.97. The summed E-state index contributed by atoms with van der Waals surface area (Å²) in [7, 11) is 0. The van der Waals surface area contributed by atoms with E-state index in [1.165, 1.54) is 32.1 Å². The van der Waals surface area contributed by atoms with Gasteiger partial charge in [-0.2, -0.15) is 0 Å². The summed E-state index contributed by atoms with van der Waals surface area (Å²) < 4.78 is 0. The molecule has 1 aliphatic rings. The van der Waals surface area contributed by atoms with Gasteiger partial charge in [-0.25, -0.2) is 0 Å². The molecule has 2 unspecified atom stereocenters. The van der Waals surface area contributed by atoms with Crippen LogP contribution in [0.1, 0.15) is 66.7 Å². The van der Waals surface area contributed by atoms with Gasteiger partial charge in [0.15, 0.2) is 0 Å². The minimum atomic E-state index is 0.129. The maximum atomic E-state index is 6.55. The Morgan fingerprint density at radius 2 is 1.60 bits per heavy atom. The molecule has 0 aromatic rings. The number of hydrogen-bond donors (Lipinski definition) is 1. The maximum absolute atomic E-state index is 6.55. The summed E-state index contributed by atoms with van der Waals surface area (Å²) in [5.41, 5.74) is 7.10. The molecule has 90 valence electrons. The second kappa shape index (κ2) is 4.45. The molecule has 1 saturated carbocycles. The summed E-state index contributed by atoms with van der Waals surface area (Å²) in [6.07, 6.45) is 6.28. The number of nitrogens with two attached hydrogens (primary N) is 1. The normalized spacial score (nSPS) is 38.0. The van der Waals surface area contributed by atoms with Gasteiger partial charge in [-0.1, -0.05) is 34.6 Å². The number of rotatable bonds is 2. The van der Waals surface area contributed by atoms with Gasteiger partial charge in [-0.15, -0.1) is 0 Å². The van der Waals surface area contributed by atoms with E-state index in [1.54, 1.807) is 0 Å². The van der Waals surface area contributed by atoms with E-state index in [-0.39, 0.29) is 5.54 Å². The lowest BCUT2D eigenvalue weighted by Crippen LogP contribution is -2.46. The minimum absolute atomic E-state index is 0.129. The zero-order chi connectivity index (χ0) is 11.7. The van der Waals surface area contributed by atoms with Crippen LogP contribution in [0.25, 0.3) is 0 Å². The van der Waals surface area contributed by atoms with Crippen LogP contribution in [0.4, 0.5) is 0 Å². The van der Waals surface area contributed by atoms with Gasteiger partial charge in [-0.05, 0) is 49.4 Å². The average molecular weight is 211 g/mol. The van der Waals surface area contributed by atoms with E-state index in [0.29, 0.717) is 5.41 Å². The molecule has 0 aromatic carbocycles. The van der Waals surface area contributed by atoms with Gasteiger partial charge in [0.1, 0.15) is 0 Å². The van der Waals surface area contributed by atoms with Gasteiger partial charge in [0, 0.05) is 5.54 Å². The third-order valence-corrected chi connectivity index (χ3v) is 3.69. The van der Waals surface area contributed by atoms with Gasteiger partial charge in [0.05, 0.1) is 0 Å². The first-order valence-corrected chi connectivity index (χ1v) is 6.49. The van der Waals surface area contributed by atoms with Crippen LogP contribution in [0.15, 0.2) is 0 Å². The topological polar surface area (TPSA) is 26.0 Å². The Morgan fingerprint density at radius 1 is 1.13 bits per heavy atom. The molecule has 0 amide bonds. The van der Waals surface area contributed by atoms with Crippen molar-refractivity contribution >= 4 is 0 Å². The van der Waals surface area contributed by atoms with Gasteiger partial charge < -0.3 is 5.73 Å². The van der Waals surface area contributed by atoms with Crippen LogP contribution >= 0.6 is 0 Å². The van der Waals surface area contributed by atoms with Crippen LogP contribution in [0.3, 0.4) is 0 Å². The highest BCUT2D eigenvalue weighted by Gasteiger charge is 2.34. The summed E-state index contributed by atoms with van der Waals surface area (Å²) in [6, 6.07) is 0. The fraction of sp³-hybridized carbons (Fsp3) is 1.00. The Morgan fingerprint density at radius 3 is 2.00 bits per heavy atom. The first kappa shape index (κ1) is 13.0. The molecule has 1 rings (SSSR count). The standard InChI is InChI=1S/C14H29N/c1-11-8-12(2)10-14(15,9-11)7-6-13(3,4)5/h11-12H,6-10,15H2,1-5H3. The SMILES string of the molecule is CC1CC(C)CC(N)(CCC(C)(C)C)C1. The summed E-state index contributed by atoms with van der Waals surface area (Å²) in [5, 5.41) is 0. The van der Waals surface area contributed by atoms with Crippen LogP contribution in [0.2, 0.25) is 0 Å². The molecule has 0 bridgehead atoms. The van der Waals surface area contributed by atoms with Crippen molar-refractivity contribution in [3.63, 3.8) is 0 Å². The Balaban J connectivity index is 2.50. The first-order valence-electron chi connectivity index (χ1n) is 6.49. The predicted molar refractivity (Wildman–Crippen MR) is 67.8 cm³/mol. The third-order valence-electron chi connectivity index (χ3n) is 3.69. The van der Waals surface area contributed by atoms with Crippen molar-refractivity contribution in [2.24, 2.45) is 23.0 Å². The van der Waals surface area contributed by atoms with Crippen molar-refractivity contribution in [3.8, 4) is 0 Å². The van der Waals surface area contributed by atoms with Crippen LogP contribution < -0.4 is 5.73 Å². The zero-order valence-corrected chi connectivity index (χ0v) is 11.3. The summed E-state index contributed by atoms with van der Waals surface area (Å²) >= 11 is 0. The highest BCUT2D eigenvalue weighted by Crippen LogP contribution is 2.38. The van der Waals surface area contributed by atoms with E-state index in [1.807, 2.05) is 0 Å². The lowest BCUT2D eigenvalue weighted by molar-refractivity contribution is 0.156. The highest BCUT2D eigenvalue weighted by atomic mass is 14.8. The molecule has 0 aliphatic heterocycles. The van der Waals surface area contributed by atoms with Crippen LogP contribution in [-0.2, 0) is 0 Å². The molecule has 2 N–H and O–H groups in total. The van der Waals surface area contributed by atoms with Gasteiger partial charge in [0.2, 0.25) is 0 Å². The van der Waals surface area contributed by atoms with Crippen molar-refractivity contribution < 1.29 is 0 Å². The van der Waals surface area contributed by atoms with Crippen molar-refractivity contribution in [3.05, 3.63) is 0 Å². The molecule has 1 heteroatoms. The van der Waals surface area contributed by atoms with E-state index in [4.69, 9.17) is 5.73 Å². The van der Waals surface area contributed by atoms with Gasteiger partial charge >= 0.3 is 0 Å². The Labute approximate surface area is 95.8 Å². The lowest BCUT2D eigenvalue weighted by Gasteiger charge is -2.41. The molecule has 0 saturated heterocycles. The van der Waals surface area contributed by atoms with Gasteiger partial charge in [0.25, 0.3) is 0 Å². The van der Waals surface area contributed by atoms with Crippen LogP contribution in [0, 0.1) is 17.3 Å². The van der Waals surface area contributed by atoms with Crippen LogP contribution in [-0.4, -0.2) is 5.54 Å². The molecular weight excluding hydrogens is 182 g/mol. The highest BCUT2D eigenvalue weighted by molar-refractivity contribution is 4.92. The van der Waals surface area contributed by atoms with E-state index in [9.17, 15) is 0 Å². The van der Waals surface area contributed by atoms with E-state index < -0.39 is 0 Å². The van der Waals surface area contributed by atoms with Gasteiger partial charge in [-0.3, -0.25) is 0 Å². The van der Waals surface area contributed by atoms with Crippen molar-refractivity contribution in [1.29, 1.82) is 0 Å². The van der Waals surface area contributed by atoms with Crippen LogP contribution in [0.5, 0.6) is 0 Å². The summed E-state index contributed by atoms with van der Waals surface area (Å²) in [5.74, 6) is 1.64. The Bertz CT molecular complexity index is 192. The molecular formula is C14H29N. The van der Waals surface area contributed by atoms with E-state index in [0.717, 1.165) is 11.8 Å². The molecule has 0 spiro atoms. The largest absolute Gasteiger partial charge is 0.325 e. The van der Waals surface area contributed by atoms with Crippen molar-refractivity contribution in [2.45, 2.75) is 72.3 Å². The molecule has 0 aromatic heterocycles. The fourth-order valence-corrected chi connectivity index (χ4v) is 3.15. The second-order valence-electron chi connectivity index (χ2n) is 7.28. The van der Waals surface area contributed by atoms with E-state index >= 15 is 0 Å². The first-order chi connectivity index (χ1) is 6.70. The molecule has 0 radical (unpaired) electrons. The molecule has 1 aliphatic carbocycles. The molecule has 1 fully saturated rings. The second-order valence-corrected chi connectivity index (χ2v) is 7.28. The maximum Gasteiger partial charge on any atom is 0.0159 e. The van der Waals surface area contributed by atoms with Crippen molar-refractivity contribution in [1.82, 2.24) is 0 Å². The third kappa shape index (κ3) is 4.55. The van der Waals surface area contributed by atoms with E-state index in [2.05, 4.69) is 34.6 Å². The lowest BCUT2D eigenvalue weighted by atomic mass is 9.69. The summed E-state index contributed by atoms with van der Waals surface area (Å²) in [4.78, 5) is 0. The smallest absolute Gasteiger partial charge is 0.0159 e. The quantitative estimate of drug-likeness (QED) is 0.735. The Kier molecular flexibility index (Phi) is 3.86. The Hall–Kier alpha value is -0.0400. The monoisotopic (exact) mass is 211 g/mol. The fourth-order valence-electron chi connectivity index (χ4n) is 3.15. The molecule has 15 heavy (non-hydrogen) atoms. The van der Waals surface area contributed by atoms with Crippen molar-refractivity contribution in [2.75, 3.05) is 0 Å². The molecule has 2 atom stereocenters. The molecule has 0 heterocycles. The zero-order valence-electron chi connectivity index (χ0n) is 11.3. The summed E-state index contributed by atoms with van der Waals surface area (Å²) in [6.45, 7) is 11.6. The average Bonchev–Trinajstić information content (AvgIpc) is 1.97. The molecule has 1 nitrogen and oxygen atoms in total.